The van der Waals surface area contributed by atoms with Crippen LogP contribution in [0.5, 0.6) is 5.75 Å². The molecule has 0 bridgehead atoms. The van der Waals surface area contributed by atoms with Crippen molar-refractivity contribution in [1.29, 1.82) is 0 Å². The lowest BCUT2D eigenvalue weighted by Crippen LogP contribution is -2.13. The Labute approximate surface area is 126 Å². The molecule has 1 heterocycles. The van der Waals surface area contributed by atoms with E-state index >= 15 is 0 Å². The third-order valence-electron chi connectivity index (χ3n) is 3.50. The van der Waals surface area contributed by atoms with Crippen molar-refractivity contribution < 1.29 is 4.74 Å². The fourth-order valence-corrected chi connectivity index (χ4v) is 2.34. The van der Waals surface area contributed by atoms with Gasteiger partial charge in [-0.25, -0.2) is 4.68 Å². The molecule has 0 fully saturated rings. The minimum Gasteiger partial charge on any atom is -0.496 e. The van der Waals surface area contributed by atoms with Gasteiger partial charge in [0.25, 0.3) is 0 Å². The zero-order valence-electron chi connectivity index (χ0n) is 13.2. The predicted octanol–water partition coefficient (Wildman–Crippen LogP) is 3.02. The van der Waals surface area contributed by atoms with Crippen molar-refractivity contribution in [1.82, 2.24) is 9.78 Å². The lowest BCUT2D eigenvalue weighted by atomic mass is 10.1. The van der Waals surface area contributed by atoms with Crippen LogP contribution in [0.15, 0.2) is 24.3 Å². The maximum atomic E-state index is 6.11. The molecule has 2 rings (SSSR count). The second-order valence-electron chi connectivity index (χ2n) is 5.37. The number of aryl methyl sites for hydroxylation is 1. The summed E-state index contributed by atoms with van der Waals surface area (Å²) in [7, 11) is 1.70. The summed E-state index contributed by atoms with van der Waals surface area (Å²) in [6, 6.07) is 8.33. The summed E-state index contributed by atoms with van der Waals surface area (Å²) >= 11 is 0. The van der Waals surface area contributed by atoms with E-state index in [4.69, 9.17) is 10.5 Å². The van der Waals surface area contributed by atoms with Gasteiger partial charge in [0.1, 0.15) is 11.6 Å². The molecular formula is C16H24N4O. The van der Waals surface area contributed by atoms with Gasteiger partial charge in [0.15, 0.2) is 0 Å². The third-order valence-corrected chi connectivity index (χ3v) is 3.50. The Balaban J connectivity index is 2.07. The molecule has 0 aliphatic heterocycles. The average Bonchev–Trinajstić information content (AvgIpc) is 2.76. The molecule has 0 atom stereocenters. The molecular weight excluding hydrogens is 264 g/mol. The zero-order valence-corrected chi connectivity index (χ0v) is 13.2. The average molecular weight is 288 g/mol. The molecule has 114 valence electrons. The van der Waals surface area contributed by atoms with Gasteiger partial charge in [0.2, 0.25) is 0 Å². The van der Waals surface area contributed by atoms with Gasteiger partial charge in [-0.2, -0.15) is 5.10 Å². The normalized spacial score (nSPS) is 10.9. The van der Waals surface area contributed by atoms with Crippen molar-refractivity contribution in [3.8, 4) is 5.75 Å². The van der Waals surface area contributed by atoms with Gasteiger partial charge in [0, 0.05) is 12.6 Å². The first-order valence-electron chi connectivity index (χ1n) is 7.25. The van der Waals surface area contributed by atoms with E-state index in [9.17, 15) is 0 Å². The molecule has 5 nitrogen and oxygen atoms in total. The molecule has 1 aromatic carbocycles. The molecule has 0 radical (unpaired) electrons. The number of aromatic nitrogens is 2. The van der Waals surface area contributed by atoms with Gasteiger partial charge in [-0.3, -0.25) is 0 Å². The summed E-state index contributed by atoms with van der Waals surface area (Å²) in [4.78, 5) is 0. The molecule has 0 aliphatic rings. The number of nitrogens with two attached hydrogens (primary N) is 1. The summed E-state index contributed by atoms with van der Waals surface area (Å²) in [5.74, 6) is 1.82. The summed E-state index contributed by atoms with van der Waals surface area (Å²) in [5.41, 5.74) is 8.88. The zero-order chi connectivity index (χ0) is 15.4. The van der Waals surface area contributed by atoms with E-state index in [1.54, 1.807) is 7.11 Å². The fourth-order valence-electron chi connectivity index (χ4n) is 2.34. The van der Waals surface area contributed by atoms with E-state index in [0.717, 1.165) is 35.9 Å². The van der Waals surface area contributed by atoms with Crippen molar-refractivity contribution in [3.63, 3.8) is 0 Å². The van der Waals surface area contributed by atoms with Crippen molar-refractivity contribution in [2.75, 3.05) is 24.7 Å². The van der Waals surface area contributed by atoms with E-state index in [1.807, 2.05) is 29.8 Å². The van der Waals surface area contributed by atoms with Crippen molar-refractivity contribution in [3.05, 3.63) is 35.5 Å². The summed E-state index contributed by atoms with van der Waals surface area (Å²) < 4.78 is 7.31. The van der Waals surface area contributed by atoms with Crippen LogP contribution in [0.4, 0.5) is 11.5 Å². The molecule has 2 aromatic rings. The Kier molecular flexibility index (Phi) is 4.73. The van der Waals surface area contributed by atoms with Gasteiger partial charge in [-0.1, -0.05) is 18.2 Å². The topological polar surface area (TPSA) is 65.1 Å². The molecule has 21 heavy (non-hydrogen) atoms. The Hall–Kier alpha value is -2.17. The number of benzene rings is 1. The highest BCUT2D eigenvalue weighted by molar-refractivity contribution is 5.65. The Bertz CT molecular complexity index is 604. The van der Waals surface area contributed by atoms with E-state index < -0.39 is 0 Å². The predicted molar refractivity (Wildman–Crippen MR) is 86.9 cm³/mol. The van der Waals surface area contributed by atoms with Gasteiger partial charge < -0.3 is 15.8 Å². The van der Waals surface area contributed by atoms with Crippen LogP contribution < -0.4 is 15.8 Å². The number of methoxy groups -OCH3 is 1. The van der Waals surface area contributed by atoms with Crippen LogP contribution in [-0.4, -0.2) is 23.4 Å². The van der Waals surface area contributed by atoms with Gasteiger partial charge in [-0.15, -0.1) is 0 Å². The number of anilines is 2. The fraction of sp³-hybridized carbons (Fsp3) is 0.438. The van der Waals surface area contributed by atoms with Gasteiger partial charge in [0.05, 0.1) is 18.5 Å². The molecule has 3 N–H and O–H groups in total. The second kappa shape index (κ2) is 6.52. The molecule has 0 saturated heterocycles. The largest absolute Gasteiger partial charge is 0.496 e. The minimum atomic E-state index is 0.273. The number of hydrogen-bond acceptors (Lipinski definition) is 4. The molecule has 0 saturated carbocycles. The molecule has 0 spiro atoms. The first kappa shape index (κ1) is 15.2. The maximum Gasteiger partial charge on any atom is 0.148 e. The SMILES string of the molecule is COc1ccccc1CCNc1c(N)c(C)nn1C(C)C. The number of hydrogen-bond donors (Lipinski definition) is 2. The molecule has 0 amide bonds. The monoisotopic (exact) mass is 288 g/mol. The number of nitrogen functional groups attached to an aromatic ring is 1. The third kappa shape index (κ3) is 3.29. The molecule has 0 aliphatic carbocycles. The quantitative estimate of drug-likeness (QED) is 0.857. The van der Waals surface area contributed by atoms with Crippen LogP contribution in [0.2, 0.25) is 0 Å². The highest BCUT2D eigenvalue weighted by Crippen LogP contribution is 2.25. The number of nitrogens with zero attached hydrogens (tertiary/aromatic N) is 2. The number of rotatable bonds is 6. The minimum absolute atomic E-state index is 0.273. The number of nitrogens with one attached hydrogen (secondary N) is 1. The van der Waals surface area contributed by atoms with Crippen molar-refractivity contribution in [2.24, 2.45) is 0 Å². The van der Waals surface area contributed by atoms with Crippen LogP contribution in [0.1, 0.15) is 31.1 Å². The standard InChI is InChI=1S/C16H24N4O/c1-11(2)20-16(15(17)12(3)19-20)18-10-9-13-7-5-6-8-14(13)21-4/h5-8,11,18H,9-10,17H2,1-4H3. The van der Waals surface area contributed by atoms with Gasteiger partial charge in [-0.05, 0) is 38.8 Å². The van der Waals surface area contributed by atoms with Crippen LogP contribution in [0, 0.1) is 6.92 Å². The first-order chi connectivity index (χ1) is 10.0. The molecule has 1 aromatic heterocycles. The van der Waals surface area contributed by atoms with Crippen LogP contribution >= 0.6 is 0 Å². The Morgan fingerprint density at radius 1 is 1.33 bits per heavy atom. The van der Waals surface area contributed by atoms with Crippen LogP contribution in [-0.2, 0) is 6.42 Å². The highest BCUT2D eigenvalue weighted by Gasteiger charge is 2.14. The summed E-state index contributed by atoms with van der Waals surface area (Å²) in [6.07, 6.45) is 0.867. The van der Waals surface area contributed by atoms with Crippen LogP contribution in [0.25, 0.3) is 0 Å². The van der Waals surface area contributed by atoms with Gasteiger partial charge >= 0.3 is 0 Å². The second-order valence-corrected chi connectivity index (χ2v) is 5.37. The van der Waals surface area contributed by atoms with Crippen molar-refractivity contribution >= 4 is 11.5 Å². The number of ether oxygens (including phenoxy) is 1. The lowest BCUT2D eigenvalue weighted by Gasteiger charge is -2.14. The van der Waals surface area contributed by atoms with Crippen molar-refractivity contribution in [2.45, 2.75) is 33.2 Å². The lowest BCUT2D eigenvalue weighted by molar-refractivity contribution is 0.410. The van der Waals surface area contributed by atoms with E-state index in [1.165, 1.54) is 5.56 Å². The first-order valence-corrected chi connectivity index (χ1v) is 7.25. The smallest absolute Gasteiger partial charge is 0.148 e. The van der Waals surface area contributed by atoms with E-state index in [-0.39, 0.29) is 6.04 Å². The highest BCUT2D eigenvalue weighted by atomic mass is 16.5. The Morgan fingerprint density at radius 3 is 2.71 bits per heavy atom. The summed E-state index contributed by atoms with van der Waals surface area (Å²) in [6.45, 7) is 6.90. The van der Waals surface area contributed by atoms with E-state index in [2.05, 4.69) is 30.3 Å². The summed E-state index contributed by atoms with van der Waals surface area (Å²) in [5, 5.41) is 7.88. The Morgan fingerprint density at radius 2 is 2.05 bits per heavy atom. The van der Waals surface area contributed by atoms with Crippen LogP contribution in [0.3, 0.4) is 0 Å². The van der Waals surface area contributed by atoms with E-state index in [0.29, 0.717) is 0 Å². The maximum absolute atomic E-state index is 6.11. The molecule has 5 heteroatoms. The molecule has 0 unspecified atom stereocenters. The number of para-hydroxylation sites is 1.